The lowest BCUT2D eigenvalue weighted by Gasteiger charge is -2.17. The molecule has 0 radical (unpaired) electrons. The van der Waals surface area contributed by atoms with Crippen LogP contribution in [0.1, 0.15) is 17.3 Å². The molecule has 0 saturated heterocycles. The summed E-state index contributed by atoms with van der Waals surface area (Å²) in [6.45, 7) is 0.936. The number of nitrogens with one attached hydrogen (secondary N) is 2. The van der Waals surface area contributed by atoms with Crippen LogP contribution in [-0.4, -0.2) is 57.8 Å². The zero-order valence-electron chi connectivity index (χ0n) is 16.9. The number of carbonyl (C=O) groups is 3. The number of amides is 2. The molecule has 31 heavy (non-hydrogen) atoms. The molecule has 0 saturated carbocycles. The van der Waals surface area contributed by atoms with E-state index in [1.807, 2.05) is 0 Å². The van der Waals surface area contributed by atoms with Gasteiger partial charge in [0.15, 0.2) is 6.61 Å². The molecule has 0 atom stereocenters. The molecule has 0 spiro atoms. The SMILES string of the molecule is CCNS(=O)(=O)c1cccc(C(=O)OCC(=O)N(C)CC(=O)Nc2ccccc2Cl)c1. The Morgan fingerprint density at radius 2 is 1.81 bits per heavy atom. The number of sulfonamides is 1. The second-order valence-corrected chi connectivity index (χ2v) is 8.56. The first-order chi connectivity index (χ1) is 14.6. The zero-order valence-corrected chi connectivity index (χ0v) is 18.5. The summed E-state index contributed by atoms with van der Waals surface area (Å²) in [6.07, 6.45) is 0. The number of ether oxygens (including phenoxy) is 1. The number of hydrogen-bond acceptors (Lipinski definition) is 6. The molecule has 0 aliphatic heterocycles. The molecule has 2 rings (SSSR count). The van der Waals surface area contributed by atoms with Gasteiger partial charge in [0, 0.05) is 13.6 Å². The summed E-state index contributed by atoms with van der Waals surface area (Å²) in [5, 5.41) is 2.94. The minimum Gasteiger partial charge on any atom is -0.452 e. The monoisotopic (exact) mass is 467 g/mol. The fraction of sp³-hybridized carbons (Fsp3) is 0.250. The molecule has 0 aliphatic rings. The van der Waals surface area contributed by atoms with Crippen molar-refractivity contribution in [3.63, 3.8) is 0 Å². The van der Waals surface area contributed by atoms with Gasteiger partial charge in [0.1, 0.15) is 0 Å². The predicted molar refractivity (Wildman–Crippen MR) is 115 cm³/mol. The summed E-state index contributed by atoms with van der Waals surface area (Å²) in [7, 11) is -2.36. The van der Waals surface area contributed by atoms with Gasteiger partial charge in [0.2, 0.25) is 15.9 Å². The van der Waals surface area contributed by atoms with E-state index < -0.39 is 34.4 Å². The van der Waals surface area contributed by atoms with E-state index in [2.05, 4.69) is 10.0 Å². The predicted octanol–water partition coefficient (Wildman–Crippen LogP) is 1.89. The molecule has 0 aliphatic carbocycles. The number of carbonyl (C=O) groups excluding carboxylic acids is 3. The largest absolute Gasteiger partial charge is 0.452 e. The highest BCUT2D eigenvalue weighted by Gasteiger charge is 2.19. The first-order valence-electron chi connectivity index (χ1n) is 9.19. The molecule has 0 heterocycles. The van der Waals surface area contributed by atoms with Crippen LogP contribution in [-0.2, 0) is 24.3 Å². The Morgan fingerprint density at radius 1 is 1.10 bits per heavy atom. The summed E-state index contributed by atoms with van der Waals surface area (Å²) < 4.78 is 31.4. The third kappa shape index (κ3) is 7.06. The van der Waals surface area contributed by atoms with Crippen LogP contribution in [0.2, 0.25) is 5.02 Å². The van der Waals surface area contributed by atoms with E-state index in [4.69, 9.17) is 16.3 Å². The number of benzene rings is 2. The zero-order chi connectivity index (χ0) is 23.0. The summed E-state index contributed by atoms with van der Waals surface area (Å²) in [5.41, 5.74) is 0.389. The van der Waals surface area contributed by atoms with E-state index >= 15 is 0 Å². The Hall–Kier alpha value is -2.95. The van der Waals surface area contributed by atoms with Crippen molar-refractivity contribution in [1.82, 2.24) is 9.62 Å². The van der Waals surface area contributed by atoms with Gasteiger partial charge in [-0.1, -0.05) is 36.7 Å². The van der Waals surface area contributed by atoms with Gasteiger partial charge in [0.25, 0.3) is 5.91 Å². The van der Waals surface area contributed by atoms with Gasteiger partial charge in [-0.05, 0) is 30.3 Å². The molecule has 11 heteroatoms. The molecule has 0 aromatic heterocycles. The fourth-order valence-electron chi connectivity index (χ4n) is 2.44. The molecule has 2 aromatic carbocycles. The van der Waals surface area contributed by atoms with Gasteiger partial charge in [-0.2, -0.15) is 0 Å². The molecule has 0 bridgehead atoms. The van der Waals surface area contributed by atoms with Crippen molar-refractivity contribution in [3.05, 3.63) is 59.1 Å². The van der Waals surface area contributed by atoms with Crippen LogP contribution in [0, 0.1) is 0 Å². The number of halogens is 1. The Balaban J connectivity index is 1.91. The standard InChI is InChI=1S/C20H22ClN3O6S/c1-3-22-31(28,29)15-8-6-7-14(11-15)20(27)30-13-19(26)24(2)12-18(25)23-17-10-5-4-9-16(17)21/h4-11,22H,3,12-13H2,1-2H3,(H,23,25). The average Bonchev–Trinajstić information content (AvgIpc) is 2.73. The van der Waals surface area contributed by atoms with Crippen molar-refractivity contribution in [2.45, 2.75) is 11.8 Å². The highest BCUT2D eigenvalue weighted by molar-refractivity contribution is 7.89. The van der Waals surface area contributed by atoms with Crippen LogP contribution in [0.5, 0.6) is 0 Å². The van der Waals surface area contributed by atoms with Crippen molar-refractivity contribution in [3.8, 4) is 0 Å². The van der Waals surface area contributed by atoms with Gasteiger partial charge < -0.3 is 15.0 Å². The summed E-state index contributed by atoms with van der Waals surface area (Å²) >= 11 is 5.97. The maximum Gasteiger partial charge on any atom is 0.338 e. The Labute approximate surface area is 185 Å². The van der Waals surface area contributed by atoms with Gasteiger partial charge in [0.05, 0.1) is 27.7 Å². The van der Waals surface area contributed by atoms with E-state index in [1.54, 1.807) is 31.2 Å². The lowest BCUT2D eigenvalue weighted by molar-refractivity contribution is -0.136. The normalized spacial score (nSPS) is 10.9. The quantitative estimate of drug-likeness (QED) is 0.543. The minimum atomic E-state index is -3.74. The second kappa shape index (κ2) is 10.9. The van der Waals surface area contributed by atoms with E-state index in [-0.39, 0.29) is 23.5 Å². The number of hydrogen-bond donors (Lipinski definition) is 2. The second-order valence-electron chi connectivity index (χ2n) is 6.38. The first kappa shape index (κ1) is 24.3. The third-order valence-corrected chi connectivity index (χ3v) is 5.87. The molecule has 2 N–H and O–H groups in total. The highest BCUT2D eigenvalue weighted by atomic mass is 35.5. The smallest absolute Gasteiger partial charge is 0.338 e. The molecule has 0 unspecified atom stereocenters. The van der Waals surface area contributed by atoms with E-state index in [0.717, 1.165) is 11.0 Å². The molecule has 2 amide bonds. The molecular formula is C20H22ClN3O6S. The van der Waals surface area contributed by atoms with Gasteiger partial charge in [-0.15, -0.1) is 0 Å². The Kier molecular flexibility index (Phi) is 8.55. The van der Waals surface area contributed by atoms with Crippen LogP contribution < -0.4 is 10.0 Å². The van der Waals surface area contributed by atoms with Gasteiger partial charge >= 0.3 is 5.97 Å². The number of rotatable bonds is 9. The van der Waals surface area contributed by atoms with Crippen LogP contribution in [0.4, 0.5) is 5.69 Å². The van der Waals surface area contributed by atoms with Crippen molar-refractivity contribution in [2.24, 2.45) is 0 Å². The third-order valence-electron chi connectivity index (χ3n) is 4.00. The summed E-state index contributed by atoms with van der Waals surface area (Å²) in [6, 6.07) is 11.9. The van der Waals surface area contributed by atoms with Gasteiger partial charge in [-0.3, -0.25) is 9.59 Å². The van der Waals surface area contributed by atoms with Crippen LogP contribution in [0.15, 0.2) is 53.4 Å². The fourth-order valence-corrected chi connectivity index (χ4v) is 3.71. The lowest BCUT2D eigenvalue weighted by atomic mass is 10.2. The van der Waals surface area contributed by atoms with Crippen molar-refractivity contribution >= 4 is 45.1 Å². The first-order valence-corrected chi connectivity index (χ1v) is 11.1. The van der Waals surface area contributed by atoms with E-state index in [0.29, 0.717) is 10.7 Å². The summed E-state index contributed by atoms with van der Waals surface area (Å²) in [4.78, 5) is 37.5. The number of para-hydroxylation sites is 1. The van der Waals surface area contributed by atoms with Crippen LogP contribution >= 0.6 is 11.6 Å². The average molecular weight is 468 g/mol. The number of nitrogens with zero attached hydrogens (tertiary/aromatic N) is 1. The number of likely N-dealkylation sites (N-methyl/N-ethyl adjacent to an activating group) is 1. The van der Waals surface area contributed by atoms with Gasteiger partial charge in [-0.25, -0.2) is 17.9 Å². The van der Waals surface area contributed by atoms with Crippen LogP contribution in [0.25, 0.3) is 0 Å². The Morgan fingerprint density at radius 3 is 2.48 bits per heavy atom. The van der Waals surface area contributed by atoms with E-state index in [1.165, 1.54) is 25.2 Å². The van der Waals surface area contributed by atoms with Crippen molar-refractivity contribution in [2.75, 3.05) is 32.1 Å². The molecule has 9 nitrogen and oxygen atoms in total. The number of anilines is 1. The minimum absolute atomic E-state index is 0.0223. The van der Waals surface area contributed by atoms with Crippen molar-refractivity contribution < 1.29 is 27.5 Å². The topological polar surface area (TPSA) is 122 Å². The maximum absolute atomic E-state index is 12.2. The number of esters is 1. The lowest BCUT2D eigenvalue weighted by Crippen LogP contribution is -2.37. The molecule has 2 aromatic rings. The van der Waals surface area contributed by atoms with Crippen LogP contribution in [0.3, 0.4) is 0 Å². The molecular weight excluding hydrogens is 446 g/mol. The summed E-state index contributed by atoms with van der Waals surface area (Å²) in [5.74, 6) is -1.95. The molecule has 0 fully saturated rings. The maximum atomic E-state index is 12.2. The molecule has 166 valence electrons. The Bertz CT molecular complexity index is 1070. The van der Waals surface area contributed by atoms with E-state index in [9.17, 15) is 22.8 Å². The van der Waals surface area contributed by atoms with Crippen molar-refractivity contribution in [1.29, 1.82) is 0 Å². The highest BCUT2D eigenvalue weighted by Crippen LogP contribution is 2.20.